The van der Waals surface area contributed by atoms with E-state index in [0.29, 0.717) is 17.5 Å². The van der Waals surface area contributed by atoms with Crippen LogP contribution in [0.5, 0.6) is 0 Å². The van der Waals surface area contributed by atoms with E-state index in [-0.39, 0.29) is 5.25 Å². The first-order valence-electron chi connectivity index (χ1n) is 6.61. The Hall–Kier alpha value is -0.410. The molecule has 0 radical (unpaired) electrons. The number of carbonyl (C=O) groups excluding carboxylic acids is 1. The molecule has 1 fully saturated rings. The van der Waals surface area contributed by atoms with Gasteiger partial charge < -0.3 is 0 Å². The Labute approximate surface area is 118 Å². The lowest BCUT2D eigenvalue weighted by atomic mass is 10.0. The Morgan fingerprint density at radius 1 is 1.22 bits per heavy atom. The second kappa shape index (κ2) is 7.25. The first kappa shape index (κ1) is 14.0. The highest BCUT2D eigenvalue weighted by Gasteiger charge is 2.30. The molecule has 98 valence electrons. The summed E-state index contributed by atoms with van der Waals surface area (Å²) in [5.41, 5.74) is 1.27. The number of aryl methyl sites for hydroxylation is 1. The van der Waals surface area contributed by atoms with E-state index in [1.165, 1.54) is 11.3 Å². The smallest absolute Gasteiger partial charge is 0.147 e. The molecule has 0 saturated carbocycles. The van der Waals surface area contributed by atoms with Crippen molar-refractivity contribution in [3.8, 4) is 0 Å². The van der Waals surface area contributed by atoms with Gasteiger partial charge in [0.05, 0.1) is 5.25 Å². The number of benzene rings is 1. The number of ketones is 1. The van der Waals surface area contributed by atoms with Gasteiger partial charge in [-0.25, -0.2) is 0 Å². The number of thioether (sulfide) groups is 2. The van der Waals surface area contributed by atoms with Gasteiger partial charge in [-0.1, -0.05) is 37.3 Å². The summed E-state index contributed by atoms with van der Waals surface area (Å²) in [4.78, 5) is 12.3. The van der Waals surface area contributed by atoms with E-state index >= 15 is 0 Å². The molecular formula is C15H20OS2. The molecule has 2 unspecified atom stereocenters. The van der Waals surface area contributed by atoms with Crippen molar-refractivity contribution < 1.29 is 4.79 Å². The van der Waals surface area contributed by atoms with Crippen LogP contribution in [0.1, 0.15) is 25.3 Å². The average Bonchev–Trinajstić information content (AvgIpc) is 2.45. The highest BCUT2D eigenvalue weighted by molar-refractivity contribution is 8.07. The van der Waals surface area contributed by atoms with Crippen LogP contribution in [0.15, 0.2) is 30.3 Å². The number of hydrogen-bond acceptors (Lipinski definition) is 3. The van der Waals surface area contributed by atoms with E-state index in [9.17, 15) is 4.79 Å². The summed E-state index contributed by atoms with van der Waals surface area (Å²) >= 11 is 3.85. The minimum absolute atomic E-state index is 0.234. The van der Waals surface area contributed by atoms with Crippen LogP contribution in [0.25, 0.3) is 0 Å². The van der Waals surface area contributed by atoms with Crippen LogP contribution in [0.2, 0.25) is 0 Å². The van der Waals surface area contributed by atoms with Crippen molar-refractivity contribution in [1.29, 1.82) is 0 Å². The van der Waals surface area contributed by atoms with E-state index in [2.05, 4.69) is 19.1 Å². The fourth-order valence-corrected chi connectivity index (χ4v) is 5.33. The maximum Gasteiger partial charge on any atom is 0.147 e. The predicted octanol–water partition coefficient (Wildman–Crippen LogP) is 3.82. The zero-order valence-corrected chi connectivity index (χ0v) is 12.4. The third-order valence-corrected chi connectivity index (χ3v) is 6.57. The first-order chi connectivity index (χ1) is 8.81. The fraction of sp³-hybridized carbons (Fsp3) is 0.533. The fourth-order valence-electron chi connectivity index (χ4n) is 2.26. The Morgan fingerprint density at radius 2 is 1.94 bits per heavy atom. The highest BCUT2D eigenvalue weighted by atomic mass is 32.2. The molecule has 0 aliphatic carbocycles. The van der Waals surface area contributed by atoms with E-state index in [1.54, 1.807) is 0 Å². The van der Waals surface area contributed by atoms with Gasteiger partial charge in [-0.2, -0.15) is 11.8 Å². The van der Waals surface area contributed by atoms with Crippen molar-refractivity contribution in [1.82, 2.24) is 0 Å². The molecule has 2 rings (SSSR count). The van der Waals surface area contributed by atoms with Crippen molar-refractivity contribution in [3.05, 3.63) is 35.9 Å². The normalized spacial score (nSPS) is 23.8. The topological polar surface area (TPSA) is 17.1 Å². The van der Waals surface area contributed by atoms with E-state index in [4.69, 9.17) is 0 Å². The van der Waals surface area contributed by atoms with Gasteiger partial charge in [-0.05, 0) is 18.4 Å². The van der Waals surface area contributed by atoms with Crippen molar-refractivity contribution in [2.45, 2.75) is 36.7 Å². The van der Waals surface area contributed by atoms with Crippen LogP contribution < -0.4 is 0 Å². The largest absolute Gasteiger partial charge is 0.298 e. The summed E-state index contributed by atoms with van der Waals surface area (Å²) < 4.78 is 0. The van der Waals surface area contributed by atoms with Crippen LogP contribution in [0.3, 0.4) is 0 Å². The molecule has 2 atom stereocenters. The predicted molar refractivity (Wildman–Crippen MR) is 82.6 cm³/mol. The highest BCUT2D eigenvalue weighted by Crippen LogP contribution is 2.34. The number of carbonyl (C=O) groups is 1. The second-order valence-electron chi connectivity index (χ2n) is 4.56. The van der Waals surface area contributed by atoms with Gasteiger partial charge in [0, 0.05) is 23.2 Å². The molecule has 1 aliphatic rings. The lowest BCUT2D eigenvalue weighted by Gasteiger charge is -2.28. The van der Waals surface area contributed by atoms with Crippen LogP contribution >= 0.6 is 23.5 Å². The zero-order valence-electron chi connectivity index (χ0n) is 10.8. The molecule has 1 saturated heterocycles. The summed E-state index contributed by atoms with van der Waals surface area (Å²) in [5, 5.41) is 0.768. The van der Waals surface area contributed by atoms with Gasteiger partial charge in [0.2, 0.25) is 0 Å². The molecule has 18 heavy (non-hydrogen) atoms. The molecule has 0 aromatic heterocycles. The van der Waals surface area contributed by atoms with Gasteiger partial charge in [-0.15, -0.1) is 11.8 Å². The van der Waals surface area contributed by atoms with E-state index < -0.39 is 0 Å². The SMILES string of the molecule is CCC1SCCSC1C(=O)CCc1ccccc1. The van der Waals surface area contributed by atoms with Crippen LogP contribution in [0, 0.1) is 0 Å². The minimum atomic E-state index is 0.234. The van der Waals surface area contributed by atoms with Crippen LogP contribution in [-0.2, 0) is 11.2 Å². The second-order valence-corrected chi connectivity index (χ2v) is 7.16. The van der Waals surface area contributed by atoms with Gasteiger partial charge in [0.15, 0.2) is 0 Å². The molecule has 0 bridgehead atoms. The van der Waals surface area contributed by atoms with Crippen LogP contribution in [0.4, 0.5) is 0 Å². The zero-order chi connectivity index (χ0) is 12.8. The molecule has 1 aromatic rings. The van der Waals surface area contributed by atoms with Crippen molar-refractivity contribution >= 4 is 29.3 Å². The Bertz CT molecular complexity index is 377. The summed E-state index contributed by atoms with van der Waals surface area (Å²) in [6.07, 6.45) is 2.69. The summed E-state index contributed by atoms with van der Waals surface area (Å²) in [6.45, 7) is 2.20. The van der Waals surface area contributed by atoms with Crippen molar-refractivity contribution in [2.24, 2.45) is 0 Å². The number of rotatable bonds is 5. The lowest BCUT2D eigenvalue weighted by molar-refractivity contribution is -0.118. The minimum Gasteiger partial charge on any atom is -0.298 e. The molecule has 0 spiro atoms. The first-order valence-corrected chi connectivity index (χ1v) is 8.71. The summed E-state index contributed by atoms with van der Waals surface area (Å²) in [5.74, 6) is 2.78. The maximum absolute atomic E-state index is 12.3. The molecule has 3 heteroatoms. The molecule has 0 amide bonds. The molecule has 1 heterocycles. The van der Waals surface area contributed by atoms with Crippen molar-refractivity contribution in [2.75, 3.05) is 11.5 Å². The average molecular weight is 280 g/mol. The van der Waals surface area contributed by atoms with Gasteiger partial charge >= 0.3 is 0 Å². The Balaban J connectivity index is 1.87. The van der Waals surface area contributed by atoms with Crippen LogP contribution in [-0.4, -0.2) is 27.8 Å². The number of hydrogen-bond donors (Lipinski definition) is 0. The molecular weight excluding hydrogens is 260 g/mol. The van der Waals surface area contributed by atoms with E-state index in [0.717, 1.165) is 18.6 Å². The molecule has 1 nitrogen and oxygen atoms in total. The van der Waals surface area contributed by atoms with Gasteiger partial charge in [0.25, 0.3) is 0 Å². The third kappa shape index (κ3) is 3.79. The Morgan fingerprint density at radius 3 is 2.67 bits per heavy atom. The van der Waals surface area contributed by atoms with Gasteiger partial charge in [-0.3, -0.25) is 4.79 Å². The summed E-state index contributed by atoms with van der Waals surface area (Å²) in [7, 11) is 0. The number of Topliss-reactive ketones (excluding diaryl/α,β-unsaturated/α-hetero) is 1. The van der Waals surface area contributed by atoms with Crippen molar-refractivity contribution in [3.63, 3.8) is 0 Å². The third-order valence-electron chi connectivity index (χ3n) is 3.27. The monoisotopic (exact) mass is 280 g/mol. The standard InChI is InChI=1S/C15H20OS2/c1-2-14-15(18-11-10-17-14)13(16)9-8-12-6-4-3-5-7-12/h3-7,14-15H,2,8-11H2,1H3. The van der Waals surface area contributed by atoms with E-state index in [1.807, 2.05) is 41.7 Å². The molecule has 1 aromatic carbocycles. The summed E-state index contributed by atoms with van der Waals surface area (Å²) in [6, 6.07) is 10.3. The quantitative estimate of drug-likeness (QED) is 0.816. The maximum atomic E-state index is 12.3. The molecule has 0 N–H and O–H groups in total. The lowest BCUT2D eigenvalue weighted by Crippen LogP contribution is -2.32. The van der Waals surface area contributed by atoms with Gasteiger partial charge in [0.1, 0.15) is 5.78 Å². The Kier molecular flexibility index (Phi) is 5.64. The molecule has 1 aliphatic heterocycles.